The minimum absolute atomic E-state index is 0.0300. The molecule has 1 amide bonds. The van der Waals surface area contributed by atoms with Crippen LogP contribution in [0.25, 0.3) is 16.4 Å². The van der Waals surface area contributed by atoms with Gasteiger partial charge in [0.25, 0.3) is 5.91 Å². The molecule has 1 N–H and O–H groups in total. The van der Waals surface area contributed by atoms with Crippen molar-refractivity contribution in [3.05, 3.63) is 65.5 Å². The van der Waals surface area contributed by atoms with Gasteiger partial charge in [-0.2, -0.15) is 0 Å². The molecular formula is C24H20N4O4S2. The van der Waals surface area contributed by atoms with E-state index in [0.29, 0.717) is 33.7 Å². The number of rotatable bonds is 7. The van der Waals surface area contributed by atoms with Crippen LogP contribution < -0.4 is 14.8 Å². The second-order valence-electron chi connectivity index (χ2n) is 7.46. The van der Waals surface area contributed by atoms with Gasteiger partial charge >= 0.3 is 0 Å². The Morgan fingerprint density at radius 3 is 2.85 bits per heavy atom. The number of ether oxygens (including phenoxy) is 2. The van der Waals surface area contributed by atoms with E-state index in [1.54, 1.807) is 36.6 Å². The van der Waals surface area contributed by atoms with E-state index in [-0.39, 0.29) is 18.3 Å². The Labute approximate surface area is 203 Å². The second-order valence-corrected chi connectivity index (χ2v) is 9.72. The number of thioether (sulfide) groups is 1. The lowest BCUT2D eigenvalue weighted by atomic mass is 10.1. The first-order chi connectivity index (χ1) is 16.5. The summed E-state index contributed by atoms with van der Waals surface area (Å²) in [6.45, 7) is 1.80. The number of ketones is 1. The van der Waals surface area contributed by atoms with Crippen LogP contribution in [0.5, 0.6) is 11.5 Å². The SMILES string of the molecule is COc1ccccc1-n1c(SC(C)C(=O)c2ccc3c(c2)NC(=O)CO3)nnc1-c1cccs1. The van der Waals surface area contributed by atoms with E-state index in [1.807, 2.05) is 53.3 Å². The average molecular weight is 493 g/mol. The highest BCUT2D eigenvalue weighted by Gasteiger charge is 2.25. The Morgan fingerprint density at radius 1 is 1.21 bits per heavy atom. The van der Waals surface area contributed by atoms with Crippen LogP contribution in [-0.4, -0.2) is 45.4 Å². The number of anilines is 1. The number of amides is 1. The Hall–Kier alpha value is -3.63. The van der Waals surface area contributed by atoms with Crippen LogP contribution in [0.3, 0.4) is 0 Å². The molecule has 0 saturated carbocycles. The first-order valence-electron chi connectivity index (χ1n) is 10.5. The summed E-state index contributed by atoms with van der Waals surface area (Å²) in [5.41, 5.74) is 1.76. The number of hydrogen-bond acceptors (Lipinski definition) is 8. The molecule has 5 rings (SSSR count). The number of thiophene rings is 1. The van der Waals surface area contributed by atoms with E-state index < -0.39 is 5.25 Å². The summed E-state index contributed by atoms with van der Waals surface area (Å²) in [7, 11) is 1.62. The van der Waals surface area contributed by atoms with Gasteiger partial charge in [-0.1, -0.05) is 30.0 Å². The van der Waals surface area contributed by atoms with E-state index in [9.17, 15) is 9.59 Å². The summed E-state index contributed by atoms with van der Waals surface area (Å²) in [5, 5.41) is 13.7. The number of fused-ring (bicyclic) bond motifs is 1. The first-order valence-corrected chi connectivity index (χ1v) is 12.2. The van der Waals surface area contributed by atoms with Gasteiger partial charge < -0.3 is 14.8 Å². The predicted octanol–water partition coefficient (Wildman–Crippen LogP) is 4.70. The highest BCUT2D eigenvalue weighted by atomic mass is 32.2. The van der Waals surface area contributed by atoms with Crippen LogP contribution >= 0.6 is 23.1 Å². The van der Waals surface area contributed by atoms with Crippen LogP contribution in [-0.2, 0) is 4.79 Å². The molecule has 0 aliphatic carbocycles. The number of para-hydroxylation sites is 2. The summed E-state index contributed by atoms with van der Waals surface area (Å²) < 4.78 is 12.9. The van der Waals surface area contributed by atoms with Crippen molar-refractivity contribution in [3.63, 3.8) is 0 Å². The van der Waals surface area contributed by atoms with Crippen molar-refractivity contribution in [2.75, 3.05) is 19.0 Å². The van der Waals surface area contributed by atoms with Crippen LogP contribution in [0.1, 0.15) is 17.3 Å². The first kappa shape index (κ1) is 22.2. The Morgan fingerprint density at radius 2 is 2.06 bits per heavy atom. The minimum atomic E-state index is -0.466. The fourth-order valence-corrected chi connectivity index (χ4v) is 5.26. The maximum atomic E-state index is 13.3. The maximum absolute atomic E-state index is 13.3. The van der Waals surface area contributed by atoms with Crippen molar-refractivity contribution in [1.82, 2.24) is 14.8 Å². The minimum Gasteiger partial charge on any atom is -0.495 e. The normalized spacial score (nSPS) is 13.5. The lowest BCUT2D eigenvalue weighted by molar-refractivity contribution is -0.118. The topological polar surface area (TPSA) is 95.3 Å². The molecule has 2 aromatic heterocycles. The third-order valence-electron chi connectivity index (χ3n) is 5.25. The highest BCUT2D eigenvalue weighted by Crippen LogP contribution is 2.36. The third-order valence-corrected chi connectivity index (χ3v) is 7.16. The average Bonchev–Trinajstić information content (AvgIpc) is 3.53. The van der Waals surface area contributed by atoms with Crippen molar-refractivity contribution in [2.24, 2.45) is 0 Å². The molecular weight excluding hydrogens is 472 g/mol. The molecule has 4 aromatic rings. The van der Waals surface area contributed by atoms with E-state index in [2.05, 4.69) is 15.5 Å². The molecule has 1 unspecified atom stereocenters. The Kier molecular flexibility index (Phi) is 6.08. The van der Waals surface area contributed by atoms with Gasteiger partial charge in [-0.05, 0) is 48.7 Å². The third kappa shape index (κ3) is 4.17. The smallest absolute Gasteiger partial charge is 0.262 e. The molecule has 1 aliphatic heterocycles. The standard InChI is InChI=1S/C24H20N4O4S2/c1-14(22(30)15-9-10-18-16(12-15)25-21(29)13-32-18)34-24-27-26-23(20-8-5-11-33-20)28(24)17-6-3-4-7-19(17)31-2/h3-12,14H,13H2,1-2H3,(H,25,29). The van der Waals surface area contributed by atoms with Crippen LogP contribution in [0.15, 0.2) is 65.1 Å². The molecule has 8 nitrogen and oxygen atoms in total. The van der Waals surface area contributed by atoms with Crippen LogP contribution in [0.4, 0.5) is 5.69 Å². The number of nitrogens with one attached hydrogen (secondary N) is 1. The predicted molar refractivity (Wildman–Crippen MR) is 131 cm³/mol. The van der Waals surface area contributed by atoms with E-state index in [4.69, 9.17) is 9.47 Å². The zero-order valence-electron chi connectivity index (χ0n) is 18.3. The van der Waals surface area contributed by atoms with E-state index in [1.165, 1.54) is 11.8 Å². The molecule has 0 bridgehead atoms. The molecule has 0 saturated heterocycles. The molecule has 172 valence electrons. The zero-order valence-corrected chi connectivity index (χ0v) is 20.0. The number of aromatic nitrogens is 3. The maximum Gasteiger partial charge on any atom is 0.262 e. The van der Waals surface area contributed by atoms with Crippen molar-refractivity contribution in [1.29, 1.82) is 0 Å². The number of nitrogens with zero attached hydrogens (tertiary/aromatic N) is 3. The molecule has 10 heteroatoms. The number of carbonyl (C=O) groups is 2. The van der Waals surface area contributed by atoms with E-state index in [0.717, 1.165) is 10.6 Å². The largest absolute Gasteiger partial charge is 0.495 e. The molecule has 34 heavy (non-hydrogen) atoms. The molecule has 2 aromatic carbocycles. The van der Waals surface area contributed by atoms with Crippen LogP contribution in [0.2, 0.25) is 0 Å². The van der Waals surface area contributed by atoms with Crippen LogP contribution in [0, 0.1) is 0 Å². The fraction of sp³-hybridized carbons (Fsp3) is 0.167. The van der Waals surface area contributed by atoms with Gasteiger partial charge in [0.15, 0.2) is 23.4 Å². The van der Waals surface area contributed by atoms with Crippen molar-refractivity contribution in [3.8, 4) is 27.9 Å². The molecule has 0 radical (unpaired) electrons. The van der Waals surface area contributed by atoms with Gasteiger partial charge in [0.2, 0.25) is 0 Å². The monoisotopic (exact) mass is 492 g/mol. The number of hydrogen-bond donors (Lipinski definition) is 1. The van der Waals surface area contributed by atoms with Gasteiger partial charge in [-0.3, -0.25) is 14.2 Å². The molecule has 1 aliphatic rings. The number of carbonyl (C=O) groups excluding carboxylic acids is 2. The Balaban J connectivity index is 1.48. The Bertz CT molecular complexity index is 1370. The van der Waals surface area contributed by atoms with Gasteiger partial charge in [0, 0.05) is 5.56 Å². The molecule has 3 heterocycles. The van der Waals surface area contributed by atoms with E-state index >= 15 is 0 Å². The molecule has 0 fully saturated rings. The number of methoxy groups -OCH3 is 1. The van der Waals surface area contributed by atoms with Gasteiger partial charge in [-0.25, -0.2) is 0 Å². The summed E-state index contributed by atoms with van der Waals surface area (Å²) in [6.07, 6.45) is 0. The lowest BCUT2D eigenvalue weighted by Crippen LogP contribution is -2.25. The summed E-state index contributed by atoms with van der Waals surface area (Å²) in [5.74, 6) is 1.56. The number of benzene rings is 2. The van der Waals surface area contributed by atoms with Crippen molar-refractivity contribution < 1.29 is 19.1 Å². The summed E-state index contributed by atoms with van der Waals surface area (Å²) in [4.78, 5) is 25.9. The quantitative estimate of drug-likeness (QED) is 0.295. The van der Waals surface area contributed by atoms with Gasteiger partial charge in [-0.15, -0.1) is 21.5 Å². The van der Waals surface area contributed by atoms with Crippen molar-refractivity contribution in [2.45, 2.75) is 17.3 Å². The lowest BCUT2D eigenvalue weighted by Gasteiger charge is -2.19. The fourth-order valence-electron chi connectivity index (χ4n) is 3.63. The number of Topliss-reactive ketones (excluding diaryl/α,β-unsaturated/α-hetero) is 1. The second kappa shape index (κ2) is 9.32. The highest BCUT2D eigenvalue weighted by molar-refractivity contribution is 8.00. The van der Waals surface area contributed by atoms with Gasteiger partial charge in [0.05, 0.1) is 28.6 Å². The molecule has 0 spiro atoms. The molecule has 1 atom stereocenters. The van der Waals surface area contributed by atoms with Gasteiger partial charge in [0.1, 0.15) is 11.5 Å². The summed E-state index contributed by atoms with van der Waals surface area (Å²) >= 11 is 2.87. The summed E-state index contributed by atoms with van der Waals surface area (Å²) in [6, 6.07) is 16.6. The van der Waals surface area contributed by atoms with Crippen molar-refractivity contribution >= 4 is 40.5 Å². The zero-order chi connectivity index (χ0) is 23.7.